The van der Waals surface area contributed by atoms with Gasteiger partial charge in [0, 0.05) is 27.2 Å². The number of nitrogens with one attached hydrogen (secondary N) is 3. The molecular formula is C14H20N4O2. The van der Waals surface area contributed by atoms with E-state index < -0.39 is 6.04 Å². The van der Waals surface area contributed by atoms with Crippen LogP contribution in [0.3, 0.4) is 0 Å². The number of carbonyl (C=O) groups excluding carboxylic acids is 2. The third-order valence-corrected chi connectivity index (χ3v) is 3.21. The molecule has 2 rings (SSSR count). The van der Waals surface area contributed by atoms with Crippen LogP contribution in [0.2, 0.25) is 0 Å². The Hall–Kier alpha value is -2.24. The lowest BCUT2D eigenvalue weighted by molar-refractivity contribution is -0.130. The second-order valence-corrected chi connectivity index (χ2v) is 5.01. The SMILES string of the molecule is CC(NC(=O)c1cccc2c1NCCN2)C(=O)N(C)C. The van der Waals surface area contributed by atoms with E-state index in [-0.39, 0.29) is 11.8 Å². The summed E-state index contributed by atoms with van der Waals surface area (Å²) in [4.78, 5) is 25.5. The van der Waals surface area contributed by atoms with Gasteiger partial charge in [-0.25, -0.2) is 0 Å². The molecule has 0 aromatic heterocycles. The van der Waals surface area contributed by atoms with E-state index in [1.807, 2.05) is 12.1 Å². The van der Waals surface area contributed by atoms with Gasteiger partial charge in [-0.05, 0) is 19.1 Å². The van der Waals surface area contributed by atoms with Gasteiger partial charge < -0.3 is 20.9 Å². The highest BCUT2D eigenvalue weighted by Crippen LogP contribution is 2.28. The maximum absolute atomic E-state index is 12.3. The van der Waals surface area contributed by atoms with Crippen molar-refractivity contribution in [2.45, 2.75) is 13.0 Å². The van der Waals surface area contributed by atoms with Crippen LogP contribution in [0.4, 0.5) is 11.4 Å². The van der Waals surface area contributed by atoms with Gasteiger partial charge in [-0.1, -0.05) is 6.07 Å². The van der Waals surface area contributed by atoms with Crippen LogP contribution in [0, 0.1) is 0 Å². The van der Waals surface area contributed by atoms with E-state index >= 15 is 0 Å². The Morgan fingerprint density at radius 1 is 1.25 bits per heavy atom. The molecule has 0 fully saturated rings. The molecule has 108 valence electrons. The molecule has 1 aromatic carbocycles. The zero-order valence-corrected chi connectivity index (χ0v) is 12.0. The van der Waals surface area contributed by atoms with Gasteiger partial charge in [-0.15, -0.1) is 0 Å². The summed E-state index contributed by atoms with van der Waals surface area (Å²) in [5, 5.41) is 9.18. The minimum atomic E-state index is -0.551. The van der Waals surface area contributed by atoms with Crippen LogP contribution in [-0.2, 0) is 4.79 Å². The zero-order chi connectivity index (χ0) is 14.7. The van der Waals surface area contributed by atoms with Crippen LogP contribution < -0.4 is 16.0 Å². The van der Waals surface area contributed by atoms with Crippen molar-refractivity contribution in [3.8, 4) is 0 Å². The smallest absolute Gasteiger partial charge is 0.254 e. The number of likely N-dealkylation sites (N-methyl/N-ethyl adjacent to an activating group) is 1. The Labute approximate surface area is 118 Å². The van der Waals surface area contributed by atoms with Crippen LogP contribution in [0.15, 0.2) is 18.2 Å². The molecule has 1 aromatic rings. The minimum Gasteiger partial charge on any atom is -0.382 e. The number of hydrogen-bond acceptors (Lipinski definition) is 4. The number of amides is 2. The predicted octanol–water partition coefficient (Wildman–Crippen LogP) is 0.730. The van der Waals surface area contributed by atoms with E-state index in [9.17, 15) is 9.59 Å². The number of benzene rings is 1. The fourth-order valence-electron chi connectivity index (χ4n) is 2.19. The highest BCUT2D eigenvalue weighted by molar-refractivity contribution is 6.04. The van der Waals surface area contributed by atoms with Crippen LogP contribution in [0.25, 0.3) is 0 Å². The highest BCUT2D eigenvalue weighted by atomic mass is 16.2. The molecule has 1 aliphatic heterocycles. The lowest BCUT2D eigenvalue weighted by Crippen LogP contribution is -2.44. The monoisotopic (exact) mass is 276 g/mol. The van der Waals surface area contributed by atoms with Crippen molar-refractivity contribution in [3.63, 3.8) is 0 Å². The Balaban J connectivity index is 2.16. The summed E-state index contributed by atoms with van der Waals surface area (Å²) in [5.74, 6) is -0.380. The summed E-state index contributed by atoms with van der Waals surface area (Å²) in [6, 6.07) is 4.95. The maximum Gasteiger partial charge on any atom is 0.254 e. The first-order valence-corrected chi connectivity index (χ1v) is 6.63. The average molecular weight is 276 g/mol. The quantitative estimate of drug-likeness (QED) is 0.761. The van der Waals surface area contributed by atoms with Crippen molar-refractivity contribution >= 4 is 23.2 Å². The molecule has 1 unspecified atom stereocenters. The van der Waals surface area contributed by atoms with Crippen molar-refractivity contribution in [2.24, 2.45) is 0 Å². The van der Waals surface area contributed by atoms with Crippen LogP contribution in [0.1, 0.15) is 17.3 Å². The topological polar surface area (TPSA) is 73.5 Å². The summed E-state index contributed by atoms with van der Waals surface area (Å²) >= 11 is 0. The number of para-hydroxylation sites is 1. The number of hydrogen-bond donors (Lipinski definition) is 3. The van der Waals surface area contributed by atoms with Crippen LogP contribution >= 0.6 is 0 Å². The average Bonchev–Trinajstić information content (AvgIpc) is 2.45. The number of nitrogens with zero attached hydrogens (tertiary/aromatic N) is 1. The summed E-state index contributed by atoms with van der Waals surface area (Å²) in [5.41, 5.74) is 2.25. The molecule has 2 amide bonds. The van der Waals surface area contributed by atoms with E-state index in [1.54, 1.807) is 27.1 Å². The fraction of sp³-hybridized carbons (Fsp3) is 0.429. The van der Waals surface area contributed by atoms with Gasteiger partial charge in [0.05, 0.1) is 16.9 Å². The Bertz CT molecular complexity index is 528. The van der Waals surface area contributed by atoms with Crippen molar-refractivity contribution < 1.29 is 9.59 Å². The highest BCUT2D eigenvalue weighted by Gasteiger charge is 2.21. The largest absolute Gasteiger partial charge is 0.382 e. The Morgan fingerprint density at radius 2 is 1.95 bits per heavy atom. The molecule has 0 saturated heterocycles. The third kappa shape index (κ3) is 2.84. The molecular weight excluding hydrogens is 256 g/mol. The van der Waals surface area contributed by atoms with Crippen molar-refractivity contribution in [1.29, 1.82) is 0 Å². The van der Waals surface area contributed by atoms with Gasteiger partial charge in [0.2, 0.25) is 5.91 Å². The van der Waals surface area contributed by atoms with Gasteiger partial charge in [0.1, 0.15) is 6.04 Å². The van der Waals surface area contributed by atoms with Crippen molar-refractivity contribution in [3.05, 3.63) is 23.8 Å². The second kappa shape index (κ2) is 5.81. The minimum absolute atomic E-state index is 0.130. The molecule has 6 nitrogen and oxygen atoms in total. The van der Waals surface area contributed by atoms with Crippen molar-refractivity contribution in [1.82, 2.24) is 10.2 Å². The second-order valence-electron chi connectivity index (χ2n) is 5.01. The Morgan fingerprint density at radius 3 is 2.65 bits per heavy atom. The predicted molar refractivity (Wildman–Crippen MR) is 79.0 cm³/mol. The van der Waals surface area contributed by atoms with Gasteiger partial charge in [0.25, 0.3) is 5.91 Å². The molecule has 0 spiro atoms. The van der Waals surface area contributed by atoms with Crippen molar-refractivity contribution in [2.75, 3.05) is 37.8 Å². The first-order chi connectivity index (χ1) is 9.50. The standard InChI is InChI=1S/C14H20N4O2/c1-9(14(20)18(2)3)17-13(19)10-5-4-6-11-12(10)16-8-7-15-11/h4-6,9,15-16H,7-8H2,1-3H3,(H,17,19). The van der Waals surface area contributed by atoms with E-state index in [2.05, 4.69) is 16.0 Å². The summed E-state index contributed by atoms with van der Waals surface area (Å²) in [6.07, 6.45) is 0. The van der Waals surface area contributed by atoms with Gasteiger partial charge in [-0.3, -0.25) is 9.59 Å². The molecule has 1 heterocycles. The first kappa shape index (κ1) is 14.2. The Kier molecular flexibility index (Phi) is 4.12. The summed E-state index contributed by atoms with van der Waals surface area (Å²) in [6.45, 7) is 3.28. The molecule has 0 radical (unpaired) electrons. The van der Waals surface area contributed by atoms with Gasteiger partial charge >= 0.3 is 0 Å². The van der Waals surface area contributed by atoms with Crippen LogP contribution in [0.5, 0.6) is 0 Å². The number of rotatable bonds is 3. The number of anilines is 2. The van der Waals surface area contributed by atoms with Gasteiger partial charge in [-0.2, -0.15) is 0 Å². The molecule has 0 saturated carbocycles. The first-order valence-electron chi connectivity index (χ1n) is 6.63. The summed E-state index contributed by atoms with van der Waals surface area (Å²) in [7, 11) is 3.34. The number of fused-ring (bicyclic) bond motifs is 1. The molecule has 20 heavy (non-hydrogen) atoms. The van der Waals surface area contributed by atoms with Crippen LogP contribution in [-0.4, -0.2) is 49.9 Å². The molecule has 0 bridgehead atoms. The van der Waals surface area contributed by atoms with E-state index in [1.165, 1.54) is 4.90 Å². The molecule has 6 heteroatoms. The third-order valence-electron chi connectivity index (χ3n) is 3.21. The lowest BCUT2D eigenvalue weighted by Gasteiger charge is -2.23. The van der Waals surface area contributed by atoms with E-state index in [4.69, 9.17) is 0 Å². The molecule has 1 aliphatic rings. The number of carbonyl (C=O) groups is 2. The normalized spacial score (nSPS) is 14.3. The zero-order valence-electron chi connectivity index (χ0n) is 12.0. The molecule has 0 aliphatic carbocycles. The van der Waals surface area contributed by atoms with Gasteiger partial charge in [0.15, 0.2) is 0 Å². The summed E-state index contributed by atoms with van der Waals surface area (Å²) < 4.78 is 0. The maximum atomic E-state index is 12.3. The van der Waals surface area contributed by atoms with E-state index in [0.717, 1.165) is 24.5 Å². The molecule has 1 atom stereocenters. The fourth-order valence-corrected chi connectivity index (χ4v) is 2.19. The lowest BCUT2D eigenvalue weighted by atomic mass is 10.1. The molecule has 3 N–H and O–H groups in total. The van der Waals surface area contributed by atoms with E-state index in [0.29, 0.717) is 5.56 Å².